The highest BCUT2D eigenvalue weighted by atomic mass is 16.1. The van der Waals surface area contributed by atoms with Crippen molar-refractivity contribution in [1.82, 2.24) is 0 Å². The second-order valence-corrected chi connectivity index (χ2v) is 5.26. The van der Waals surface area contributed by atoms with Crippen LogP contribution >= 0.6 is 0 Å². The molecule has 3 rings (SSSR count). The lowest BCUT2D eigenvalue weighted by atomic mass is 9.93. The maximum atomic E-state index is 12.8. The Labute approximate surface area is 139 Å². The van der Waals surface area contributed by atoms with Crippen molar-refractivity contribution in [1.29, 1.82) is 5.26 Å². The van der Waals surface area contributed by atoms with Gasteiger partial charge in [0.15, 0.2) is 11.6 Å². The fourth-order valence-corrected chi connectivity index (χ4v) is 2.48. The minimum atomic E-state index is -0.237. The molecule has 0 aliphatic rings. The number of ketones is 2. The standard InChI is InChI=1S/C21H13NO2/c22-14-15-10-12-17(13-11-15)21(24)19-9-5-4-8-18(19)20(23)16-6-2-1-3-7-16/h1-13H. The normalized spacial score (nSPS) is 9.96. The van der Waals surface area contributed by atoms with Gasteiger partial charge in [0.25, 0.3) is 0 Å². The molecule has 3 aromatic carbocycles. The Hall–Kier alpha value is -3.51. The molecule has 0 amide bonds. The molecule has 114 valence electrons. The second-order valence-electron chi connectivity index (χ2n) is 5.26. The Kier molecular flexibility index (Phi) is 4.31. The summed E-state index contributed by atoms with van der Waals surface area (Å²) in [6.45, 7) is 0. The van der Waals surface area contributed by atoms with Crippen LogP contribution in [0.1, 0.15) is 37.4 Å². The second kappa shape index (κ2) is 6.72. The van der Waals surface area contributed by atoms with Gasteiger partial charge in [0, 0.05) is 22.3 Å². The van der Waals surface area contributed by atoms with Gasteiger partial charge in [0.05, 0.1) is 11.6 Å². The zero-order valence-electron chi connectivity index (χ0n) is 12.8. The average molecular weight is 311 g/mol. The summed E-state index contributed by atoms with van der Waals surface area (Å²) < 4.78 is 0. The van der Waals surface area contributed by atoms with Crippen molar-refractivity contribution in [3.05, 3.63) is 107 Å². The van der Waals surface area contributed by atoms with Gasteiger partial charge in [-0.3, -0.25) is 9.59 Å². The molecule has 0 radical (unpaired) electrons. The first-order chi connectivity index (χ1) is 11.7. The van der Waals surface area contributed by atoms with Gasteiger partial charge in [-0.1, -0.05) is 54.6 Å². The Balaban J connectivity index is 2.01. The topological polar surface area (TPSA) is 57.9 Å². The smallest absolute Gasteiger partial charge is 0.193 e. The fraction of sp³-hybridized carbons (Fsp3) is 0. The van der Waals surface area contributed by atoms with Gasteiger partial charge in [0.2, 0.25) is 0 Å². The summed E-state index contributed by atoms with van der Waals surface area (Å²) in [5.74, 6) is -0.424. The van der Waals surface area contributed by atoms with Crippen LogP contribution in [0.3, 0.4) is 0 Å². The van der Waals surface area contributed by atoms with Crippen molar-refractivity contribution in [2.75, 3.05) is 0 Å². The summed E-state index contributed by atoms with van der Waals surface area (Å²) in [4.78, 5) is 25.5. The van der Waals surface area contributed by atoms with Crippen LogP contribution in [0.4, 0.5) is 0 Å². The highest BCUT2D eigenvalue weighted by Gasteiger charge is 2.18. The predicted octanol–water partition coefficient (Wildman–Crippen LogP) is 4.02. The lowest BCUT2D eigenvalue weighted by molar-refractivity contribution is 0.100. The molecule has 0 N–H and O–H groups in total. The molecule has 0 saturated heterocycles. The van der Waals surface area contributed by atoms with Crippen molar-refractivity contribution in [3.8, 4) is 6.07 Å². The van der Waals surface area contributed by atoms with Crippen molar-refractivity contribution >= 4 is 11.6 Å². The third-order valence-corrected chi connectivity index (χ3v) is 3.73. The number of hydrogen-bond acceptors (Lipinski definition) is 3. The van der Waals surface area contributed by atoms with Gasteiger partial charge in [-0.15, -0.1) is 0 Å². The number of benzene rings is 3. The third kappa shape index (κ3) is 2.99. The lowest BCUT2D eigenvalue weighted by Crippen LogP contribution is -2.11. The monoisotopic (exact) mass is 311 g/mol. The van der Waals surface area contributed by atoms with Crippen LogP contribution in [0.25, 0.3) is 0 Å². The Morgan fingerprint density at radius 2 is 1.08 bits per heavy atom. The molecule has 0 spiro atoms. The molecule has 0 aromatic heterocycles. The maximum absolute atomic E-state index is 12.8. The zero-order valence-corrected chi connectivity index (χ0v) is 12.8. The molecule has 0 atom stereocenters. The molecule has 0 fully saturated rings. The first-order valence-corrected chi connectivity index (χ1v) is 7.44. The molecule has 0 saturated carbocycles. The van der Waals surface area contributed by atoms with E-state index in [1.54, 1.807) is 72.8 Å². The van der Waals surface area contributed by atoms with Gasteiger partial charge in [-0.2, -0.15) is 5.26 Å². The predicted molar refractivity (Wildman–Crippen MR) is 90.9 cm³/mol. The maximum Gasteiger partial charge on any atom is 0.193 e. The van der Waals surface area contributed by atoms with Gasteiger partial charge < -0.3 is 0 Å². The number of nitriles is 1. The largest absolute Gasteiger partial charge is 0.289 e. The molecule has 0 unspecified atom stereocenters. The molecule has 0 heterocycles. The van der Waals surface area contributed by atoms with E-state index in [-0.39, 0.29) is 11.6 Å². The average Bonchev–Trinajstić information content (AvgIpc) is 2.67. The summed E-state index contributed by atoms with van der Waals surface area (Å²) in [5.41, 5.74) is 2.20. The van der Waals surface area contributed by atoms with Gasteiger partial charge in [-0.05, 0) is 24.3 Å². The van der Waals surface area contributed by atoms with E-state index < -0.39 is 0 Å². The van der Waals surface area contributed by atoms with Crippen molar-refractivity contribution < 1.29 is 9.59 Å². The van der Waals surface area contributed by atoms with E-state index in [9.17, 15) is 9.59 Å². The number of hydrogen-bond donors (Lipinski definition) is 0. The number of carbonyl (C=O) groups excluding carboxylic acids is 2. The van der Waals surface area contributed by atoms with Crippen LogP contribution < -0.4 is 0 Å². The number of rotatable bonds is 4. The number of carbonyl (C=O) groups is 2. The van der Waals surface area contributed by atoms with Crippen LogP contribution in [0.2, 0.25) is 0 Å². The van der Waals surface area contributed by atoms with Gasteiger partial charge in [-0.25, -0.2) is 0 Å². The molecule has 0 aliphatic heterocycles. The molecule has 3 aromatic rings. The third-order valence-electron chi connectivity index (χ3n) is 3.73. The summed E-state index contributed by atoms with van der Waals surface area (Å²) in [6, 6.07) is 24.1. The molecule has 3 heteroatoms. The highest BCUT2D eigenvalue weighted by molar-refractivity contribution is 6.19. The lowest BCUT2D eigenvalue weighted by Gasteiger charge is -2.08. The summed E-state index contributed by atoms with van der Waals surface area (Å²) >= 11 is 0. The van der Waals surface area contributed by atoms with Crippen LogP contribution in [0, 0.1) is 11.3 Å². The first-order valence-electron chi connectivity index (χ1n) is 7.44. The highest BCUT2D eigenvalue weighted by Crippen LogP contribution is 2.18. The Bertz CT molecular complexity index is 936. The summed E-state index contributed by atoms with van der Waals surface area (Å²) in [5, 5.41) is 8.85. The van der Waals surface area contributed by atoms with E-state index in [4.69, 9.17) is 5.26 Å². The van der Waals surface area contributed by atoms with E-state index in [2.05, 4.69) is 0 Å². The van der Waals surface area contributed by atoms with Crippen LogP contribution in [0.15, 0.2) is 78.9 Å². The van der Waals surface area contributed by atoms with Crippen molar-refractivity contribution in [3.63, 3.8) is 0 Å². The fourth-order valence-electron chi connectivity index (χ4n) is 2.48. The van der Waals surface area contributed by atoms with Crippen LogP contribution in [-0.4, -0.2) is 11.6 Å². The minimum Gasteiger partial charge on any atom is -0.289 e. The Morgan fingerprint density at radius 3 is 1.58 bits per heavy atom. The Morgan fingerprint density at radius 1 is 0.625 bits per heavy atom. The van der Waals surface area contributed by atoms with Crippen molar-refractivity contribution in [2.24, 2.45) is 0 Å². The van der Waals surface area contributed by atoms with Gasteiger partial charge in [0.1, 0.15) is 0 Å². The molecule has 24 heavy (non-hydrogen) atoms. The van der Waals surface area contributed by atoms with E-state index in [0.717, 1.165) is 0 Å². The first kappa shape index (κ1) is 15.4. The summed E-state index contributed by atoms with van der Waals surface area (Å²) in [7, 11) is 0. The number of nitrogens with zero attached hydrogens (tertiary/aromatic N) is 1. The van der Waals surface area contributed by atoms with E-state index >= 15 is 0 Å². The SMILES string of the molecule is N#Cc1ccc(C(=O)c2ccccc2C(=O)c2ccccc2)cc1. The zero-order chi connectivity index (χ0) is 16.9. The minimum absolute atomic E-state index is 0.187. The van der Waals surface area contributed by atoms with E-state index in [0.29, 0.717) is 27.8 Å². The van der Waals surface area contributed by atoms with Crippen LogP contribution in [0.5, 0.6) is 0 Å². The molecule has 0 aliphatic carbocycles. The van der Waals surface area contributed by atoms with E-state index in [1.807, 2.05) is 12.1 Å². The summed E-state index contributed by atoms with van der Waals surface area (Å²) in [6.07, 6.45) is 0. The van der Waals surface area contributed by atoms with Crippen LogP contribution in [-0.2, 0) is 0 Å². The van der Waals surface area contributed by atoms with Crippen molar-refractivity contribution in [2.45, 2.75) is 0 Å². The molecular formula is C21H13NO2. The molecule has 0 bridgehead atoms. The quantitative estimate of drug-likeness (QED) is 0.684. The van der Waals surface area contributed by atoms with E-state index in [1.165, 1.54) is 0 Å². The van der Waals surface area contributed by atoms with Gasteiger partial charge >= 0.3 is 0 Å². The molecule has 3 nitrogen and oxygen atoms in total. The molecular weight excluding hydrogens is 298 g/mol.